The fraction of sp³-hybridized carbons (Fsp3) is 0.481. The van der Waals surface area contributed by atoms with E-state index >= 15 is 0 Å². The minimum atomic E-state index is -0.452. The van der Waals surface area contributed by atoms with Crippen LogP contribution in [0.5, 0.6) is 5.75 Å². The van der Waals surface area contributed by atoms with Crippen LogP contribution in [0.25, 0.3) is 11.0 Å². The Kier molecular flexibility index (Phi) is 8.01. The number of carbonyl (C=O) groups excluding carboxylic acids is 1. The number of benzene rings is 2. The number of nitrogens with one attached hydrogen (secondary N) is 2. The molecular formula is C27H37N3O3. The lowest BCUT2D eigenvalue weighted by Crippen LogP contribution is -2.14. The van der Waals surface area contributed by atoms with Crippen LogP contribution in [-0.4, -0.2) is 30.2 Å². The molecule has 6 nitrogen and oxygen atoms in total. The molecule has 0 saturated heterocycles. The Balaban J connectivity index is 0.000000323. The van der Waals surface area contributed by atoms with Crippen molar-refractivity contribution in [3.8, 4) is 5.75 Å². The molecule has 1 fully saturated rings. The molecule has 1 aliphatic carbocycles. The molecule has 0 aliphatic heterocycles. The number of rotatable bonds is 5. The number of fused-ring (bicyclic) bond motifs is 1. The molecule has 6 heteroatoms. The summed E-state index contributed by atoms with van der Waals surface area (Å²) in [5.74, 6) is 1.06. The lowest BCUT2D eigenvalue weighted by atomic mass is 9.78. The Bertz CT molecular complexity index is 1060. The molecule has 2 aromatic carbocycles. The molecule has 178 valence electrons. The molecule has 1 heterocycles. The van der Waals surface area contributed by atoms with Crippen molar-refractivity contribution in [1.82, 2.24) is 9.97 Å². The van der Waals surface area contributed by atoms with Gasteiger partial charge in [-0.1, -0.05) is 59.1 Å². The second-order valence-corrected chi connectivity index (χ2v) is 9.77. The topological polar surface area (TPSA) is 76.2 Å². The number of hydrogen-bond acceptors (Lipinski definition) is 5. The summed E-state index contributed by atoms with van der Waals surface area (Å²) in [6, 6.07) is 11.6. The normalized spacial score (nSPS) is 15.0. The van der Waals surface area contributed by atoms with Crippen molar-refractivity contribution in [1.29, 1.82) is 0 Å². The van der Waals surface area contributed by atoms with E-state index in [1.54, 1.807) is 12.1 Å². The molecule has 0 atom stereocenters. The summed E-state index contributed by atoms with van der Waals surface area (Å²) < 4.78 is 10.1. The molecule has 0 spiro atoms. The molecule has 33 heavy (non-hydrogen) atoms. The summed E-state index contributed by atoms with van der Waals surface area (Å²) in [7, 11) is 2.85. The number of imidazole rings is 1. The van der Waals surface area contributed by atoms with Crippen LogP contribution in [0.1, 0.15) is 81.6 Å². The zero-order valence-corrected chi connectivity index (χ0v) is 20.7. The number of H-pyrrole nitrogens is 1. The summed E-state index contributed by atoms with van der Waals surface area (Å²) in [4.78, 5) is 19.5. The van der Waals surface area contributed by atoms with Crippen molar-refractivity contribution < 1.29 is 14.3 Å². The number of ether oxygens (including phenoxy) is 2. The summed E-state index contributed by atoms with van der Waals surface area (Å²) in [6.07, 6.45) is 7.31. The highest BCUT2D eigenvalue weighted by Gasteiger charge is 2.20. The zero-order chi connectivity index (χ0) is 24.0. The fourth-order valence-corrected chi connectivity index (χ4v) is 4.13. The average Bonchev–Trinajstić information content (AvgIpc) is 3.19. The van der Waals surface area contributed by atoms with Crippen LogP contribution in [-0.2, 0) is 4.74 Å². The maximum atomic E-state index is 11.9. The van der Waals surface area contributed by atoms with E-state index in [4.69, 9.17) is 9.47 Å². The molecule has 0 bridgehead atoms. The highest BCUT2D eigenvalue weighted by Crippen LogP contribution is 2.34. The molecule has 1 aliphatic rings. The minimum Gasteiger partial charge on any atom is -0.496 e. The van der Waals surface area contributed by atoms with E-state index < -0.39 is 5.97 Å². The predicted molar refractivity (Wildman–Crippen MR) is 135 cm³/mol. The van der Waals surface area contributed by atoms with Crippen LogP contribution in [0.4, 0.5) is 11.6 Å². The molecule has 2 N–H and O–H groups in total. The van der Waals surface area contributed by atoms with Crippen molar-refractivity contribution in [2.45, 2.75) is 65.7 Å². The largest absolute Gasteiger partial charge is 0.496 e. The van der Waals surface area contributed by atoms with E-state index in [2.05, 4.69) is 55.1 Å². The SMILES string of the molecule is CC1(C)CCCCC1.COC(=O)c1cc2[nH]c(Nc3ccc(C(C)C)cc3)nc2cc1OC. The number of carbonyl (C=O) groups is 1. The summed E-state index contributed by atoms with van der Waals surface area (Å²) in [5, 5.41) is 3.24. The molecule has 1 saturated carbocycles. The van der Waals surface area contributed by atoms with Gasteiger partial charge in [-0.3, -0.25) is 0 Å². The minimum absolute atomic E-state index is 0.356. The van der Waals surface area contributed by atoms with Gasteiger partial charge in [-0.15, -0.1) is 0 Å². The number of anilines is 2. The fourth-order valence-electron chi connectivity index (χ4n) is 4.13. The molecule has 1 aromatic heterocycles. The van der Waals surface area contributed by atoms with Crippen LogP contribution >= 0.6 is 0 Å². The van der Waals surface area contributed by atoms with Gasteiger partial charge in [0, 0.05) is 11.8 Å². The standard InChI is InChI=1S/C19H21N3O3.C8H16/c1-11(2)12-5-7-13(8-6-12)20-19-21-15-9-14(18(23)25-4)17(24-3)10-16(15)22-19;1-8(2)6-4-3-5-7-8/h5-11H,1-4H3,(H2,20,21,22);3-7H2,1-2H3. The predicted octanol–water partition coefficient (Wildman–Crippen LogP) is 7.20. The van der Waals surface area contributed by atoms with E-state index in [0.717, 1.165) is 11.2 Å². The van der Waals surface area contributed by atoms with Crippen LogP contribution in [0, 0.1) is 5.41 Å². The first-order valence-corrected chi connectivity index (χ1v) is 11.8. The van der Waals surface area contributed by atoms with Crippen LogP contribution in [0.15, 0.2) is 36.4 Å². The highest BCUT2D eigenvalue weighted by atomic mass is 16.5. The van der Waals surface area contributed by atoms with Gasteiger partial charge in [0.25, 0.3) is 0 Å². The molecule has 0 unspecified atom stereocenters. The Morgan fingerprint density at radius 1 is 1.06 bits per heavy atom. The quantitative estimate of drug-likeness (QED) is 0.401. The first kappa shape index (κ1) is 24.6. The van der Waals surface area contributed by atoms with Gasteiger partial charge in [-0.05, 0) is 47.9 Å². The van der Waals surface area contributed by atoms with E-state index in [1.165, 1.54) is 51.9 Å². The van der Waals surface area contributed by atoms with Crippen molar-refractivity contribution in [2.24, 2.45) is 5.41 Å². The molecule has 4 rings (SSSR count). The zero-order valence-electron chi connectivity index (χ0n) is 20.7. The van der Waals surface area contributed by atoms with E-state index in [1.807, 2.05) is 12.1 Å². The first-order chi connectivity index (χ1) is 15.7. The Morgan fingerprint density at radius 3 is 2.24 bits per heavy atom. The van der Waals surface area contributed by atoms with Crippen LogP contribution in [0.2, 0.25) is 0 Å². The van der Waals surface area contributed by atoms with E-state index in [9.17, 15) is 4.79 Å². The van der Waals surface area contributed by atoms with Gasteiger partial charge in [-0.2, -0.15) is 0 Å². The van der Waals surface area contributed by atoms with Gasteiger partial charge < -0.3 is 19.8 Å². The van der Waals surface area contributed by atoms with Crippen molar-refractivity contribution in [3.05, 3.63) is 47.5 Å². The second kappa shape index (κ2) is 10.7. The lowest BCUT2D eigenvalue weighted by molar-refractivity contribution is 0.0597. The van der Waals surface area contributed by atoms with Gasteiger partial charge >= 0.3 is 5.97 Å². The maximum Gasteiger partial charge on any atom is 0.341 e. The van der Waals surface area contributed by atoms with E-state index in [0.29, 0.717) is 34.1 Å². The number of esters is 1. The van der Waals surface area contributed by atoms with Gasteiger partial charge in [0.05, 0.1) is 25.3 Å². The van der Waals surface area contributed by atoms with Crippen molar-refractivity contribution in [3.63, 3.8) is 0 Å². The summed E-state index contributed by atoms with van der Waals surface area (Å²) >= 11 is 0. The Morgan fingerprint density at radius 2 is 1.73 bits per heavy atom. The number of methoxy groups -OCH3 is 2. The van der Waals surface area contributed by atoms with Gasteiger partial charge in [0.15, 0.2) is 0 Å². The van der Waals surface area contributed by atoms with Crippen molar-refractivity contribution in [2.75, 3.05) is 19.5 Å². The molecule has 0 radical (unpaired) electrons. The third-order valence-corrected chi connectivity index (χ3v) is 6.26. The van der Waals surface area contributed by atoms with E-state index in [-0.39, 0.29) is 0 Å². The van der Waals surface area contributed by atoms with Gasteiger partial charge in [0.2, 0.25) is 5.95 Å². The molecular weight excluding hydrogens is 414 g/mol. The smallest absolute Gasteiger partial charge is 0.341 e. The van der Waals surface area contributed by atoms with Crippen LogP contribution in [0.3, 0.4) is 0 Å². The maximum absolute atomic E-state index is 11.9. The highest BCUT2D eigenvalue weighted by molar-refractivity contribution is 5.97. The first-order valence-electron chi connectivity index (χ1n) is 11.8. The third-order valence-electron chi connectivity index (χ3n) is 6.26. The molecule has 3 aromatic rings. The third kappa shape index (κ3) is 6.50. The number of hydrogen-bond donors (Lipinski definition) is 2. The number of aromatic nitrogens is 2. The van der Waals surface area contributed by atoms with Crippen molar-refractivity contribution >= 4 is 28.6 Å². The van der Waals surface area contributed by atoms with Gasteiger partial charge in [-0.25, -0.2) is 9.78 Å². The van der Waals surface area contributed by atoms with Crippen LogP contribution < -0.4 is 10.1 Å². The lowest BCUT2D eigenvalue weighted by Gasteiger charge is -2.28. The summed E-state index contributed by atoms with van der Waals surface area (Å²) in [5.41, 5.74) is 4.67. The molecule has 0 amide bonds. The summed E-state index contributed by atoms with van der Waals surface area (Å²) in [6.45, 7) is 9.08. The number of aromatic amines is 1. The monoisotopic (exact) mass is 451 g/mol. The average molecular weight is 452 g/mol. The number of nitrogens with zero attached hydrogens (tertiary/aromatic N) is 1. The Hall–Kier alpha value is -3.02. The van der Waals surface area contributed by atoms with Gasteiger partial charge in [0.1, 0.15) is 11.3 Å². The second-order valence-electron chi connectivity index (χ2n) is 9.77. The Labute approximate surface area is 197 Å².